The highest BCUT2D eigenvalue weighted by Crippen LogP contribution is 2.35. The Morgan fingerprint density at radius 3 is 2.06 bits per heavy atom. The first-order valence-corrected chi connectivity index (χ1v) is 13.5. The van der Waals surface area contributed by atoms with Crippen molar-refractivity contribution in [3.63, 3.8) is 0 Å². The molecule has 0 atom stereocenters. The first kappa shape index (κ1) is 25.1. The first-order chi connectivity index (χ1) is 16.5. The molecule has 2 amide bonds. The number of carbonyl (C=O) groups excluding carboxylic acids is 1. The third-order valence-corrected chi connectivity index (χ3v) is 8.91. The summed E-state index contributed by atoms with van der Waals surface area (Å²) in [4.78, 5) is 29.0. The lowest BCUT2D eigenvalue weighted by atomic mass is 10.1. The molecule has 0 radical (unpaired) electrons. The van der Waals surface area contributed by atoms with E-state index in [0.29, 0.717) is 62.4 Å². The molecule has 0 aromatic heterocycles. The van der Waals surface area contributed by atoms with Gasteiger partial charge < -0.3 is 24.5 Å². The van der Waals surface area contributed by atoms with E-state index in [0.717, 1.165) is 11.1 Å². The van der Waals surface area contributed by atoms with E-state index >= 15 is 0 Å². The Labute approximate surface area is 206 Å². The molecule has 1 N–H and O–H groups in total. The number of likely N-dealkylation sites (tertiary alicyclic amines) is 1. The molecule has 0 saturated carbocycles. The van der Waals surface area contributed by atoms with Gasteiger partial charge in [0.05, 0.1) is 10.1 Å². The van der Waals surface area contributed by atoms with Gasteiger partial charge >= 0.3 is 12.2 Å². The van der Waals surface area contributed by atoms with Crippen molar-refractivity contribution >= 4 is 38.5 Å². The molecule has 2 heterocycles. The molecule has 35 heavy (non-hydrogen) atoms. The number of piperidine rings is 1. The van der Waals surface area contributed by atoms with Crippen molar-refractivity contribution in [2.45, 2.75) is 49.4 Å². The Morgan fingerprint density at radius 2 is 1.49 bits per heavy atom. The molecular weight excluding hydrogens is 470 g/mol. The van der Waals surface area contributed by atoms with Gasteiger partial charge in [-0.05, 0) is 45.7 Å². The van der Waals surface area contributed by atoms with Gasteiger partial charge in [-0.15, -0.1) is 0 Å². The Kier molecular flexibility index (Phi) is 6.86. The molecule has 2 saturated heterocycles. The zero-order chi connectivity index (χ0) is 25.4. The minimum atomic E-state index is -3.62. The average Bonchev–Trinajstić information content (AvgIpc) is 2.82. The summed E-state index contributed by atoms with van der Waals surface area (Å²) in [5, 5.41) is 10.2. The van der Waals surface area contributed by atoms with Crippen molar-refractivity contribution in [2.24, 2.45) is 0 Å². The second-order valence-electron chi connectivity index (χ2n) is 10.1. The van der Waals surface area contributed by atoms with Crippen molar-refractivity contribution in [3.8, 4) is 0 Å². The quantitative estimate of drug-likeness (QED) is 0.679. The van der Waals surface area contributed by atoms with Crippen LogP contribution in [0.3, 0.4) is 0 Å². The largest absolute Gasteiger partial charge is 0.465 e. The molecule has 0 bridgehead atoms. The smallest absolute Gasteiger partial charge is 0.410 e. The summed E-state index contributed by atoms with van der Waals surface area (Å²) in [6.45, 7) is 8.00. The highest BCUT2D eigenvalue weighted by atomic mass is 32.2. The van der Waals surface area contributed by atoms with Crippen LogP contribution in [0.15, 0.2) is 41.3 Å². The fourth-order valence-corrected chi connectivity index (χ4v) is 6.71. The number of piperazine rings is 1. The number of sulfone groups is 1. The van der Waals surface area contributed by atoms with E-state index in [9.17, 15) is 23.1 Å². The van der Waals surface area contributed by atoms with E-state index in [1.165, 1.54) is 4.90 Å². The number of fused-ring (bicyclic) bond motifs is 1. The molecule has 10 heteroatoms. The molecule has 190 valence electrons. The topological polar surface area (TPSA) is 107 Å². The molecule has 2 aromatic carbocycles. The molecule has 2 aromatic rings. The highest BCUT2D eigenvalue weighted by molar-refractivity contribution is 7.92. The number of anilines is 1. The highest BCUT2D eigenvalue weighted by Gasteiger charge is 2.35. The number of amides is 2. The average molecular weight is 504 g/mol. The van der Waals surface area contributed by atoms with Crippen molar-refractivity contribution < 1.29 is 27.9 Å². The summed E-state index contributed by atoms with van der Waals surface area (Å²) >= 11 is 0. The second kappa shape index (κ2) is 9.56. The van der Waals surface area contributed by atoms with Crippen molar-refractivity contribution in [1.29, 1.82) is 0 Å². The summed E-state index contributed by atoms with van der Waals surface area (Å²) in [6, 6.07) is 11.0. The van der Waals surface area contributed by atoms with E-state index in [1.54, 1.807) is 11.0 Å². The molecular formula is C25H33N3O6S. The number of hydrogen-bond acceptors (Lipinski definition) is 6. The minimum Gasteiger partial charge on any atom is -0.465 e. The summed E-state index contributed by atoms with van der Waals surface area (Å²) < 4.78 is 32.8. The van der Waals surface area contributed by atoms with Crippen LogP contribution in [0.2, 0.25) is 0 Å². The van der Waals surface area contributed by atoms with Gasteiger partial charge in [-0.3, -0.25) is 0 Å². The summed E-state index contributed by atoms with van der Waals surface area (Å²) in [5.41, 5.74) is 0.310. The summed E-state index contributed by atoms with van der Waals surface area (Å²) in [5.74, 6) is 0. The maximum Gasteiger partial charge on any atom is 0.410 e. The van der Waals surface area contributed by atoms with E-state index in [1.807, 2.05) is 51.1 Å². The van der Waals surface area contributed by atoms with Crippen LogP contribution in [-0.2, 0) is 14.6 Å². The summed E-state index contributed by atoms with van der Waals surface area (Å²) in [7, 11) is -3.62. The van der Waals surface area contributed by atoms with Gasteiger partial charge in [0, 0.05) is 55.7 Å². The molecule has 2 aliphatic rings. The molecule has 0 aliphatic carbocycles. The number of carboxylic acid groups (broad SMARTS) is 1. The molecule has 0 unspecified atom stereocenters. The Hall–Kier alpha value is -3.01. The number of hydrogen-bond donors (Lipinski definition) is 1. The van der Waals surface area contributed by atoms with E-state index in [2.05, 4.69) is 4.90 Å². The fourth-order valence-electron chi connectivity index (χ4n) is 4.77. The molecule has 2 fully saturated rings. The molecule has 2 aliphatic heterocycles. The number of nitrogens with zero attached hydrogens (tertiary/aromatic N) is 3. The van der Waals surface area contributed by atoms with Crippen LogP contribution in [0.25, 0.3) is 10.8 Å². The number of rotatable bonds is 3. The Bertz CT molecular complexity index is 1210. The predicted molar refractivity (Wildman–Crippen MR) is 134 cm³/mol. The van der Waals surface area contributed by atoms with Crippen LogP contribution < -0.4 is 4.90 Å². The van der Waals surface area contributed by atoms with Crippen LogP contribution in [0.5, 0.6) is 0 Å². The lowest BCUT2D eigenvalue weighted by molar-refractivity contribution is 0.0217. The maximum atomic E-state index is 13.7. The van der Waals surface area contributed by atoms with Gasteiger partial charge in [0.25, 0.3) is 0 Å². The minimum absolute atomic E-state index is 0.303. The van der Waals surface area contributed by atoms with E-state index in [4.69, 9.17) is 4.74 Å². The van der Waals surface area contributed by atoms with Crippen molar-refractivity contribution in [1.82, 2.24) is 9.80 Å². The SMILES string of the molecule is CC(C)(C)OC(=O)N1CCC(S(=O)(=O)c2ccc(N3CCN(C(=O)O)CC3)c3ccccc23)CC1. The number of ether oxygens (including phenoxy) is 1. The van der Waals surface area contributed by atoms with Gasteiger partial charge in [0.2, 0.25) is 0 Å². The van der Waals surface area contributed by atoms with Crippen molar-refractivity contribution in [2.75, 3.05) is 44.2 Å². The van der Waals surface area contributed by atoms with Crippen LogP contribution in [-0.4, -0.2) is 85.6 Å². The van der Waals surface area contributed by atoms with Crippen LogP contribution in [0, 0.1) is 0 Å². The van der Waals surface area contributed by atoms with Gasteiger partial charge in [0.15, 0.2) is 9.84 Å². The van der Waals surface area contributed by atoms with Crippen LogP contribution in [0.1, 0.15) is 33.6 Å². The zero-order valence-electron chi connectivity index (χ0n) is 20.4. The second-order valence-corrected chi connectivity index (χ2v) is 12.3. The van der Waals surface area contributed by atoms with Crippen molar-refractivity contribution in [3.05, 3.63) is 36.4 Å². The van der Waals surface area contributed by atoms with Crippen LogP contribution in [0.4, 0.5) is 15.3 Å². The summed E-state index contributed by atoms with van der Waals surface area (Å²) in [6.07, 6.45) is -0.622. The van der Waals surface area contributed by atoms with E-state index in [-0.39, 0.29) is 0 Å². The number of benzene rings is 2. The van der Waals surface area contributed by atoms with Crippen LogP contribution >= 0.6 is 0 Å². The lowest BCUT2D eigenvalue weighted by Gasteiger charge is -2.35. The standard InChI is InChI=1S/C25H33N3O6S/c1-25(2,3)34-24(31)28-12-10-18(11-13-28)35(32,33)22-9-8-21(19-6-4-5-7-20(19)22)26-14-16-27(17-15-26)23(29)30/h4-9,18H,10-17H2,1-3H3,(H,29,30). The van der Waals surface area contributed by atoms with Gasteiger partial charge in [0.1, 0.15) is 5.60 Å². The fraction of sp³-hybridized carbons (Fsp3) is 0.520. The lowest BCUT2D eigenvalue weighted by Crippen LogP contribution is -2.48. The van der Waals surface area contributed by atoms with E-state index < -0.39 is 32.9 Å². The number of carbonyl (C=O) groups is 2. The third kappa shape index (κ3) is 5.32. The maximum absolute atomic E-state index is 13.7. The van der Waals surface area contributed by atoms with Gasteiger partial charge in [-0.25, -0.2) is 18.0 Å². The molecule has 9 nitrogen and oxygen atoms in total. The Balaban J connectivity index is 1.55. The third-order valence-electron chi connectivity index (χ3n) is 6.59. The monoisotopic (exact) mass is 503 g/mol. The van der Waals surface area contributed by atoms with Gasteiger partial charge in [-0.1, -0.05) is 24.3 Å². The zero-order valence-corrected chi connectivity index (χ0v) is 21.3. The van der Waals surface area contributed by atoms with Gasteiger partial charge in [-0.2, -0.15) is 0 Å². The normalized spacial score (nSPS) is 18.1. The molecule has 4 rings (SSSR count). The first-order valence-electron chi connectivity index (χ1n) is 11.9. The predicted octanol–water partition coefficient (Wildman–Crippen LogP) is 3.81. The Morgan fingerprint density at radius 1 is 0.886 bits per heavy atom. The molecule has 0 spiro atoms.